The number of carbonyl (C=O) groups excluding carboxylic acids is 2. The summed E-state index contributed by atoms with van der Waals surface area (Å²) in [5, 5.41) is 11.2. The highest BCUT2D eigenvalue weighted by molar-refractivity contribution is 6.46. The fourth-order valence-corrected chi connectivity index (χ4v) is 4.34. The number of likely N-dealkylation sites (tertiary alicyclic amines) is 1. The van der Waals surface area contributed by atoms with Gasteiger partial charge < -0.3 is 24.2 Å². The van der Waals surface area contributed by atoms with Crippen molar-refractivity contribution in [1.29, 1.82) is 0 Å². The van der Waals surface area contributed by atoms with Crippen LogP contribution in [0.15, 0.2) is 48.0 Å². The molecule has 0 aromatic heterocycles. The maximum absolute atomic E-state index is 14.9. The first-order valence-corrected chi connectivity index (χ1v) is 11.0. The lowest BCUT2D eigenvalue weighted by Gasteiger charge is -2.31. The van der Waals surface area contributed by atoms with E-state index in [9.17, 15) is 19.1 Å². The first-order chi connectivity index (χ1) is 16.5. The molecule has 0 saturated carbocycles. The van der Waals surface area contributed by atoms with Crippen LogP contribution in [0, 0.1) is 5.82 Å². The van der Waals surface area contributed by atoms with Gasteiger partial charge in [0.25, 0.3) is 11.7 Å². The van der Waals surface area contributed by atoms with Gasteiger partial charge in [-0.1, -0.05) is 18.2 Å². The van der Waals surface area contributed by atoms with Crippen LogP contribution >= 0.6 is 0 Å². The van der Waals surface area contributed by atoms with Gasteiger partial charge in [-0.2, -0.15) is 0 Å². The number of Topliss-reactive ketones (excluding diaryl/α,β-unsaturated/α-hetero) is 1. The molecular formula is C25H27FN2O6. The Kier molecular flexibility index (Phi) is 7.14. The SMILES string of the molecule is COc1ccc(C(O)=C2C(=O)C(=O)N(CCN3CCOCC3)[C@H]2c2ccccc2F)cc1OC. The number of hydrogen-bond donors (Lipinski definition) is 1. The van der Waals surface area contributed by atoms with E-state index in [1.165, 1.54) is 43.4 Å². The molecule has 1 N–H and O–H groups in total. The number of methoxy groups -OCH3 is 2. The van der Waals surface area contributed by atoms with E-state index in [0.717, 1.165) is 0 Å². The Hall–Kier alpha value is -3.43. The second-order valence-electron chi connectivity index (χ2n) is 8.04. The Morgan fingerprint density at radius 3 is 2.44 bits per heavy atom. The molecule has 2 aromatic rings. The van der Waals surface area contributed by atoms with E-state index in [1.807, 2.05) is 0 Å². The maximum atomic E-state index is 14.9. The maximum Gasteiger partial charge on any atom is 0.295 e. The molecule has 0 unspecified atom stereocenters. The molecule has 0 aliphatic carbocycles. The fraction of sp³-hybridized carbons (Fsp3) is 0.360. The van der Waals surface area contributed by atoms with Crippen molar-refractivity contribution in [2.75, 3.05) is 53.6 Å². The molecule has 8 nitrogen and oxygen atoms in total. The van der Waals surface area contributed by atoms with Gasteiger partial charge in [0.1, 0.15) is 11.6 Å². The molecule has 2 heterocycles. The number of morpholine rings is 1. The number of aliphatic hydroxyl groups excluding tert-OH is 1. The molecule has 4 rings (SSSR count). The largest absolute Gasteiger partial charge is 0.507 e. The normalized spacial score (nSPS) is 20.6. The predicted molar refractivity (Wildman–Crippen MR) is 122 cm³/mol. The standard InChI is InChI=1S/C25H27FN2O6/c1-32-19-8-7-16(15-20(19)33-2)23(29)21-22(17-5-3-4-6-18(17)26)28(25(31)24(21)30)10-9-27-11-13-34-14-12-27/h3-8,15,22,29H,9-14H2,1-2H3/t22-/m0/s1. The van der Waals surface area contributed by atoms with E-state index in [1.54, 1.807) is 18.2 Å². The van der Waals surface area contributed by atoms with Gasteiger partial charge in [-0.05, 0) is 24.3 Å². The fourth-order valence-electron chi connectivity index (χ4n) is 4.34. The number of halogens is 1. The Morgan fingerprint density at radius 2 is 1.76 bits per heavy atom. The molecule has 0 radical (unpaired) electrons. The zero-order valence-electron chi connectivity index (χ0n) is 19.1. The minimum atomic E-state index is -1.06. The van der Waals surface area contributed by atoms with Crippen LogP contribution in [0.2, 0.25) is 0 Å². The van der Waals surface area contributed by atoms with E-state index in [2.05, 4.69) is 4.90 Å². The van der Waals surface area contributed by atoms with Crippen LogP contribution in [0.3, 0.4) is 0 Å². The molecule has 9 heteroatoms. The van der Waals surface area contributed by atoms with Gasteiger partial charge >= 0.3 is 0 Å². The highest BCUT2D eigenvalue weighted by atomic mass is 19.1. The van der Waals surface area contributed by atoms with Gasteiger partial charge in [-0.3, -0.25) is 14.5 Å². The Morgan fingerprint density at radius 1 is 1.06 bits per heavy atom. The smallest absolute Gasteiger partial charge is 0.295 e. The van der Waals surface area contributed by atoms with Gasteiger partial charge in [0.2, 0.25) is 0 Å². The summed E-state index contributed by atoms with van der Waals surface area (Å²) in [4.78, 5) is 29.7. The molecule has 0 spiro atoms. The number of amides is 1. The molecule has 1 amide bonds. The number of hydrogen-bond acceptors (Lipinski definition) is 7. The molecular weight excluding hydrogens is 443 g/mol. The summed E-state index contributed by atoms with van der Waals surface area (Å²) in [5.74, 6) is -1.82. The summed E-state index contributed by atoms with van der Waals surface area (Å²) in [7, 11) is 2.93. The zero-order chi connectivity index (χ0) is 24.2. The molecule has 2 saturated heterocycles. The number of rotatable bonds is 7. The molecule has 180 valence electrons. The van der Waals surface area contributed by atoms with E-state index >= 15 is 0 Å². The van der Waals surface area contributed by atoms with Crippen LogP contribution < -0.4 is 9.47 Å². The topological polar surface area (TPSA) is 88.5 Å². The van der Waals surface area contributed by atoms with Crippen LogP contribution in [0.4, 0.5) is 4.39 Å². The summed E-state index contributed by atoms with van der Waals surface area (Å²) in [6, 6.07) is 9.55. The van der Waals surface area contributed by atoms with Crippen LogP contribution in [0.1, 0.15) is 17.2 Å². The van der Waals surface area contributed by atoms with Crippen LogP contribution in [0.25, 0.3) is 5.76 Å². The quantitative estimate of drug-likeness (QED) is 0.378. The van der Waals surface area contributed by atoms with Gasteiger partial charge in [0.15, 0.2) is 11.5 Å². The monoisotopic (exact) mass is 470 g/mol. The van der Waals surface area contributed by atoms with Gasteiger partial charge in [-0.25, -0.2) is 4.39 Å². The average Bonchev–Trinajstić information content (AvgIpc) is 3.12. The van der Waals surface area contributed by atoms with E-state index in [4.69, 9.17) is 14.2 Å². The summed E-state index contributed by atoms with van der Waals surface area (Å²) in [6.07, 6.45) is 0. The highest BCUT2D eigenvalue weighted by Gasteiger charge is 2.47. The van der Waals surface area contributed by atoms with Gasteiger partial charge in [0.05, 0.1) is 39.0 Å². The summed E-state index contributed by atoms with van der Waals surface area (Å²) in [5.41, 5.74) is 0.236. The lowest BCUT2D eigenvalue weighted by atomic mass is 9.95. The molecule has 2 aliphatic heterocycles. The van der Waals surface area contributed by atoms with Crippen LogP contribution in [-0.4, -0.2) is 80.2 Å². The Labute approximate surface area is 197 Å². The highest BCUT2D eigenvalue weighted by Crippen LogP contribution is 2.41. The first-order valence-electron chi connectivity index (χ1n) is 11.0. The summed E-state index contributed by atoms with van der Waals surface area (Å²) in [6.45, 7) is 3.30. The average molecular weight is 470 g/mol. The molecule has 2 fully saturated rings. The third-order valence-electron chi connectivity index (χ3n) is 6.16. The zero-order valence-corrected chi connectivity index (χ0v) is 19.1. The van der Waals surface area contributed by atoms with Crippen molar-refractivity contribution in [3.63, 3.8) is 0 Å². The lowest BCUT2D eigenvalue weighted by Crippen LogP contribution is -2.42. The molecule has 34 heavy (non-hydrogen) atoms. The second kappa shape index (κ2) is 10.2. The Balaban J connectivity index is 1.77. The first kappa shape index (κ1) is 23.7. The second-order valence-corrected chi connectivity index (χ2v) is 8.04. The number of benzene rings is 2. The van der Waals surface area contributed by atoms with Crippen molar-refractivity contribution in [2.45, 2.75) is 6.04 Å². The number of carbonyl (C=O) groups is 2. The molecule has 0 bridgehead atoms. The minimum absolute atomic E-state index is 0.144. The minimum Gasteiger partial charge on any atom is -0.507 e. The van der Waals surface area contributed by atoms with Crippen LogP contribution in [0.5, 0.6) is 11.5 Å². The van der Waals surface area contributed by atoms with E-state index in [-0.39, 0.29) is 23.2 Å². The van der Waals surface area contributed by atoms with Crippen molar-refractivity contribution >= 4 is 17.4 Å². The summed E-state index contributed by atoms with van der Waals surface area (Å²) >= 11 is 0. The van der Waals surface area contributed by atoms with Crippen molar-refractivity contribution in [2.24, 2.45) is 0 Å². The number of ketones is 1. The predicted octanol–water partition coefficient (Wildman–Crippen LogP) is 2.60. The lowest BCUT2D eigenvalue weighted by molar-refractivity contribution is -0.140. The number of nitrogens with zero attached hydrogens (tertiary/aromatic N) is 2. The molecule has 2 aromatic carbocycles. The number of aliphatic hydroxyl groups is 1. The van der Waals surface area contributed by atoms with Gasteiger partial charge in [0, 0.05) is 37.3 Å². The third-order valence-corrected chi connectivity index (χ3v) is 6.16. The molecule has 2 aliphatic rings. The third kappa shape index (κ3) is 4.49. The number of ether oxygens (including phenoxy) is 3. The van der Waals surface area contributed by atoms with Crippen molar-refractivity contribution in [3.05, 3.63) is 65.0 Å². The van der Waals surface area contributed by atoms with Crippen molar-refractivity contribution in [3.8, 4) is 11.5 Å². The molecule has 1 atom stereocenters. The summed E-state index contributed by atoms with van der Waals surface area (Å²) < 4.78 is 30.8. The van der Waals surface area contributed by atoms with E-state index in [0.29, 0.717) is 44.3 Å². The Bertz CT molecular complexity index is 1110. The van der Waals surface area contributed by atoms with Crippen LogP contribution in [-0.2, 0) is 14.3 Å². The van der Waals surface area contributed by atoms with Crippen molar-refractivity contribution in [1.82, 2.24) is 9.80 Å². The van der Waals surface area contributed by atoms with Crippen molar-refractivity contribution < 1.29 is 33.3 Å². The van der Waals surface area contributed by atoms with E-state index < -0.39 is 29.3 Å². The van der Waals surface area contributed by atoms with Gasteiger partial charge in [-0.15, -0.1) is 0 Å².